The first-order valence-electron chi connectivity index (χ1n) is 4.56. The number of nitrogens with one attached hydrogen (secondary N) is 1. The number of hydrogen-bond acceptors (Lipinski definition) is 5. The van der Waals surface area contributed by atoms with Gasteiger partial charge in [0.2, 0.25) is 5.91 Å². The summed E-state index contributed by atoms with van der Waals surface area (Å²) in [6, 6.07) is 1.76. The lowest BCUT2D eigenvalue weighted by Crippen LogP contribution is -2.09. The van der Waals surface area contributed by atoms with Crippen LogP contribution in [0.4, 0.5) is 5.82 Å². The van der Waals surface area contributed by atoms with Crippen molar-refractivity contribution in [3.05, 3.63) is 12.3 Å². The molecule has 0 unspecified atom stereocenters. The van der Waals surface area contributed by atoms with Crippen molar-refractivity contribution >= 4 is 11.7 Å². The van der Waals surface area contributed by atoms with Gasteiger partial charge in [-0.2, -0.15) is 4.98 Å². The van der Waals surface area contributed by atoms with E-state index in [1.165, 1.54) is 13.1 Å². The van der Waals surface area contributed by atoms with Crippen molar-refractivity contribution in [2.75, 3.05) is 18.5 Å². The number of carbonyl (C=O) groups is 1. The van der Waals surface area contributed by atoms with Gasteiger partial charge in [0.15, 0.2) is 0 Å². The van der Waals surface area contributed by atoms with Crippen molar-refractivity contribution in [3.8, 4) is 6.01 Å². The number of nitrogens with zero attached hydrogens (tertiary/aromatic N) is 2. The fourth-order valence-electron chi connectivity index (χ4n) is 0.888. The van der Waals surface area contributed by atoms with Crippen molar-refractivity contribution in [1.82, 2.24) is 9.97 Å². The number of aliphatic hydroxyl groups is 1. The minimum atomic E-state index is -0.199. The monoisotopic (exact) mass is 211 g/mol. The van der Waals surface area contributed by atoms with Crippen LogP contribution < -0.4 is 10.1 Å². The molecule has 6 heteroatoms. The maximum atomic E-state index is 10.7. The predicted octanol–water partition coefficient (Wildman–Crippen LogP) is 0.196. The van der Waals surface area contributed by atoms with Gasteiger partial charge in [0, 0.05) is 26.1 Å². The number of anilines is 1. The molecule has 0 radical (unpaired) electrons. The van der Waals surface area contributed by atoms with Crippen molar-refractivity contribution < 1.29 is 14.6 Å². The van der Waals surface area contributed by atoms with Gasteiger partial charge in [-0.15, -0.1) is 0 Å². The smallest absolute Gasteiger partial charge is 0.318 e. The fourth-order valence-corrected chi connectivity index (χ4v) is 0.888. The average molecular weight is 211 g/mol. The van der Waals surface area contributed by atoms with E-state index >= 15 is 0 Å². The molecule has 0 atom stereocenters. The van der Waals surface area contributed by atoms with Gasteiger partial charge in [0.25, 0.3) is 0 Å². The molecule has 15 heavy (non-hydrogen) atoms. The third-order valence-electron chi connectivity index (χ3n) is 1.47. The molecule has 0 aromatic carbocycles. The van der Waals surface area contributed by atoms with Crippen LogP contribution in [0.25, 0.3) is 0 Å². The van der Waals surface area contributed by atoms with Gasteiger partial charge in [-0.1, -0.05) is 0 Å². The summed E-state index contributed by atoms with van der Waals surface area (Å²) < 4.78 is 5.14. The van der Waals surface area contributed by atoms with Crippen LogP contribution in [-0.2, 0) is 4.79 Å². The number of carbonyl (C=O) groups excluding carboxylic acids is 1. The van der Waals surface area contributed by atoms with E-state index in [0.29, 0.717) is 18.8 Å². The maximum Gasteiger partial charge on any atom is 0.318 e. The Morgan fingerprint density at radius 2 is 2.47 bits per heavy atom. The average Bonchev–Trinajstić information content (AvgIpc) is 2.18. The number of aliphatic hydroxyl groups excluding tert-OH is 1. The summed E-state index contributed by atoms with van der Waals surface area (Å²) in [6.45, 7) is 1.81. The standard InChI is InChI=1S/C9H13N3O3/c1-7(14)11-8-3-4-10-9(12-8)15-6-2-5-13/h3-4,13H,2,5-6H2,1H3,(H,10,11,12,14). The molecule has 0 spiro atoms. The zero-order valence-electron chi connectivity index (χ0n) is 8.43. The molecule has 0 saturated carbocycles. The maximum absolute atomic E-state index is 10.7. The molecule has 0 bridgehead atoms. The first-order chi connectivity index (χ1) is 7.22. The van der Waals surface area contributed by atoms with Gasteiger partial charge in [-0.3, -0.25) is 4.79 Å². The molecule has 0 saturated heterocycles. The van der Waals surface area contributed by atoms with E-state index in [0.717, 1.165) is 0 Å². The molecule has 2 N–H and O–H groups in total. The Morgan fingerprint density at radius 3 is 3.13 bits per heavy atom. The minimum Gasteiger partial charge on any atom is -0.463 e. The Hall–Kier alpha value is -1.69. The normalized spacial score (nSPS) is 9.73. The second-order valence-electron chi connectivity index (χ2n) is 2.83. The Labute approximate surface area is 87.3 Å². The van der Waals surface area contributed by atoms with E-state index < -0.39 is 0 Å². The second-order valence-corrected chi connectivity index (χ2v) is 2.83. The topological polar surface area (TPSA) is 84.3 Å². The van der Waals surface area contributed by atoms with Crippen molar-refractivity contribution in [1.29, 1.82) is 0 Å². The molecule has 6 nitrogen and oxygen atoms in total. The second kappa shape index (κ2) is 5.92. The first-order valence-corrected chi connectivity index (χ1v) is 4.56. The van der Waals surface area contributed by atoms with Crippen LogP contribution in [0.5, 0.6) is 6.01 Å². The summed E-state index contributed by atoms with van der Waals surface area (Å²) in [5.74, 6) is 0.200. The zero-order valence-corrected chi connectivity index (χ0v) is 8.43. The number of amides is 1. The molecule has 0 aliphatic heterocycles. The van der Waals surface area contributed by atoms with E-state index in [2.05, 4.69) is 15.3 Å². The van der Waals surface area contributed by atoms with Crippen LogP contribution >= 0.6 is 0 Å². The molecule has 0 aliphatic carbocycles. The van der Waals surface area contributed by atoms with Gasteiger partial charge < -0.3 is 15.2 Å². The highest BCUT2D eigenvalue weighted by Crippen LogP contribution is 2.07. The van der Waals surface area contributed by atoms with Crippen LogP contribution in [0.3, 0.4) is 0 Å². The Morgan fingerprint density at radius 1 is 1.67 bits per heavy atom. The fraction of sp³-hybridized carbons (Fsp3) is 0.444. The van der Waals surface area contributed by atoms with Crippen LogP contribution in [0.2, 0.25) is 0 Å². The highest BCUT2D eigenvalue weighted by atomic mass is 16.5. The quantitative estimate of drug-likeness (QED) is 0.679. The lowest BCUT2D eigenvalue weighted by atomic mass is 10.5. The van der Waals surface area contributed by atoms with Crippen LogP contribution in [0.15, 0.2) is 12.3 Å². The summed E-state index contributed by atoms with van der Waals surface area (Å²) in [5, 5.41) is 11.1. The Kier molecular flexibility index (Phi) is 4.49. The van der Waals surface area contributed by atoms with Crippen molar-refractivity contribution in [2.24, 2.45) is 0 Å². The molecular weight excluding hydrogens is 198 g/mol. The van der Waals surface area contributed by atoms with Crippen LogP contribution in [-0.4, -0.2) is 34.2 Å². The highest BCUT2D eigenvalue weighted by Gasteiger charge is 2.01. The molecule has 0 aliphatic rings. The first kappa shape index (κ1) is 11.4. The number of rotatable bonds is 5. The molecule has 1 aromatic heterocycles. The molecule has 1 rings (SSSR count). The molecular formula is C9H13N3O3. The highest BCUT2D eigenvalue weighted by molar-refractivity contribution is 5.87. The van der Waals surface area contributed by atoms with Crippen molar-refractivity contribution in [2.45, 2.75) is 13.3 Å². The number of ether oxygens (including phenoxy) is 1. The number of hydrogen-bond donors (Lipinski definition) is 2. The third kappa shape index (κ3) is 4.37. The van der Waals surface area contributed by atoms with E-state index in [-0.39, 0.29) is 18.5 Å². The van der Waals surface area contributed by atoms with Crippen molar-refractivity contribution in [3.63, 3.8) is 0 Å². The zero-order chi connectivity index (χ0) is 11.1. The predicted molar refractivity (Wildman–Crippen MR) is 53.5 cm³/mol. The summed E-state index contributed by atoms with van der Waals surface area (Å²) in [7, 11) is 0. The van der Waals surface area contributed by atoms with Gasteiger partial charge in [-0.05, 0) is 6.07 Å². The summed E-state index contributed by atoms with van der Waals surface area (Å²) in [4.78, 5) is 18.5. The van der Waals surface area contributed by atoms with Crippen LogP contribution in [0.1, 0.15) is 13.3 Å². The van der Waals surface area contributed by atoms with Crippen LogP contribution in [0, 0.1) is 0 Å². The Bertz CT molecular complexity index is 330. The van der Waals surface area contributed by atoms with E-state index in [1.807, 2.05) is 0 Å². The van der Waals surface area contributed by atoms with E-state index in [4.69, 9.17) is 9.84 Å². The van der Waals surface area contributed by atoms with Gasteiger partial charge in [0.1, 0.15) is 5.82 Å². The Balaban J connectivity index is 2.53. The molecule has 1 amide bonds. The van der Waals surface area contributed by atoms with E-state index in [1.54, 1.807) is 6.07 Å². The molecule has 1 aromatic rings. The molecule has 1 heterocycles. The van der Waals surface area contributed by atoms with Gasteiger partial charge in [0.05, 0.1) is 6.61 Å². The lowest BCUT2D eigenvalue weighted by molar-refractivity contribution is -0.114. The molecule has 82 valence electrons. The molecule has 0 fully saturated rings. The largest absolute Gasteiger partial charge is 0.463 e. The lowest BCUT2D eigenvalue weighted by Gasteiger charge is -2.04. The van der Waals surface area contributed by atoms with E-state index in [9.17, 15) is 4.79 Å². The SMILES string of the molecule is CC(=O)Nc1ccnc(OCCCO)n1. The summed E-state index contributed by atoms with van der Waals surface area (Å²) >= 11 is 0. The number of aromatic nitrogens is 2. The van der Waals surface area contributed by atoms with Gasteiger partial charge in [-0.25, -0.2) is 4.98 Å². The summed E-state index contributed by atoms with van der Waals surface area (Å²) in [5.41, 5.74) is 0. The third-order valence-corrected chi connectivity index (χ3v) is 1.47. The minimum absolute atomic E-state index is 0.0609. The van der Waals surface area contributed by atoms with Gasteiger partial charge >= 0.3 is 6.01 Å². The summed E-state index contributed by atoms with van der Waals surface area (Å²) in [6.07, 6.45) is 2.01.